The van der Waals surface area contributed by atoms with Gasteiger partial charge in [-0.25, -0.2) is 0 Å². The van der Waals surface area contributed by atoms with E-state index in [0.29, 0.717) is 6.61 Å². The van der Waals surface area contributed by atoms with Crippen molar-refractivity contribution >= 4 is 44.3 Å². The van der Waals surface area contributed by atoms with E-state index in [1.165, 1.54) is 5.56 Å². The van der Waals surface area contributed by atoms with Crippen LogP contribution in [0.5, 0.6) is 5.75 Å². The minimum Gasteiger partial charge on any atom is -0.487 e. The first-order valence-corrected chi connectivity index (χ1v) is 8.64. The van der Waals surface area contributed by atoms with Gasteiger partial charge >= 0.3 is 0 Å². The van der Waals surface area contributed by atoms with Gasteiger partial charge in [-0.15, -0.1) is 12.4 Å². The van der Waals surface area contributed by atoms with Crippen LogP contribution in [-0.4, -0.2) is 6.54 Å². The lowest BCUT2D eigenvalue weighted by Crippen LogP contribution is -2.13. The fraction of sp³-hybridized carbons (Fsp3) is 0.294. The summed E-state index contributed by atoms with van der Waals surface area (Å²) < 4.78 is 7.87. The molecule has 0 aliphatic heterocycles. The smallest absolute Gasteiger partial charge is 0.148 e. The molecule has 0 amide bonds. The van der Waals surface area contributed by atoms with Gasteiger partial charge in [0.05, 0.1) is 8.95 Å². The molecule has 0 aliphatic rings. The number of hydrogen-bond acceptors (Lipinski definition) is 2. The van der Waals surface area contributed by atoms with Gasteiger partial charge in [0.1, 0.15) is 12.4 Å². The van der Waals surface area contributed by atoms with E-state index < -0.39 is 0 Å². The van der Waals surface area contributed by atoms with Crippen LogP contribution in [0.15, 0.2) is 51.4 Å². The maximum absolute atomic E-state index is 5.92. The zero-order valence-electron chi connectivity index (χ0n) is 12.4. The van der Waals surface area contributed by atoms with Crippen molar-refractivity contribution in [1.29, 1.82) is 0 Å². The molecule has 0 fully saturated rings. The standard InChI is InChI=1S/C17H19Br2NO.ClH/c1-2-8-20-11-14-9-15(18)17(16(19)10-14)21-12-13-6-4-3-5-7-13;/h3-7,9-10,20H,2,8,11-12H2,1H3;1H. The molecule has 0 atom stereocenters. The van der Waals surface area contributed by atoms with E-state index in [2.05, 4.69) is 68.4 Å². The highest BCUT2D eigenvalue weighted by molar-refractivity contribution is 9.11. The Morgan fingerprint density at radius 2 is 1.64 bits per heavy atom. The van der Waals surface area contributed by atoms with E-state index in [9.17, 15) is 0 Å². The first-order chi connectivity index (χ1) is 10.2. The molecule has 2 rings (SSSR count). The summed E-state index contributed by atoms with van der Waals surface area (Å²) in [5.74, 6) is 0.845. The van der Waals surface area contributed by atoms with Gasteiger partial charge in [-0.1, -0.05) is 37.3 Å². The third-order valence-electron chi connectivity index (χ3n) is 3.04. The third-order valence-corrected chi connectivity index (χ3v) is 4.22. The van der Waals surface area contributed by atoms with Crippen LogP contribution in [0.1, 0.15) is 24.5 Å². The van der Waals surface area contributed by atoms with Gasteiger partial charge in [0, 0.05) is 6.54 Å². The van der Waals surface area contributed by atoms with E-state index in [1.54, 1.807) is 0 Å². The Hall–Kier alpha value is -0.550. The lowest BCUT2D eigenvalue weighted by Gasteiger charge is -2.13. The molecular weight excluding hydrogens is 429 g/mol. The summed E-state index contributed by atoms with van der Waals surface area (Å²) in [6.07, 6.45) is 1.14. The van der Waals surface area contributed by atoms with E-state index in [0.717, 1.165) is 39.8 Å². The SMILES string of the molecule is CCCNCc1cc(Br)c(OCc2ccccc2)c(Br)c1.Cl. The van der Waals surface area contributed by atoms with Crippen LogP contribution in [0.3, 0.4) is 0 Å². The average Bonchev–Trinajstić information content (AvgIpc) is 2.48. The first-order valence-electron chi connectivity index (χ1n) is 7.06. The van der Waals surface area contributed by atoms with E-state index in [-0.39, 0.29) is 12.4 Å². The van der Waals surface area contributed by atoms with Crippen molar-refractivity contribution in [3.05, 3.63) is 62.5 Å². The second kappa shape index (κ2) is 10.3. The lowest BCUT2D eigenvalue weighted by molar-refractivity contribution is 0.302. The average molecular weight is 450 g/mol. The molecule has 22 heavy (non-hydrogen) atoms. The highest BCUT2D eigenvalue weighted by atomic mass is 79.9. The van der Waals surface area contributed by atoms with Crippen LogP contribution in [0.25, 0.3) is 0 Å². The molecule has 1 N–H and O–H groups in total. The van der Waals surface area contributed by atoms with Crippen molar-refractivity contribution in [2.24, 2.45) is 0 Å². The second-order valence-corrected chi connectivity index (χ2v) is 6.55. The number of rotatable bonds is 7. The molecule has 0 bridgehead atoms. The van der Waals surface area contributed by atoms with Crippen LogP contribution < -0.4 is 10.1 Å². The molecule has 0 saturated heterocycles. The van der Waals surface area contributed by atoms with Crippen LogP contribution in [0, 0.1) is 0 Å². The van der Waals surface area contributed by atoms with Gasteiger partial charge in [0.2, 0.25) is 0 Å². The van der Waals surface area contributed by atoms with Crippen LogP contribution >= 0.6 is 44.3 Å². The van der Waals surface area contributed by atoms with E-state index >= 15 is 0 Å². The monoisotopic (exact) mass is 447 g/mol. The van der Waals surface area contributed by atoms with Crippen LogP contribution in [0.4, 0.5) is 0 Å². The summed E-state index contributed by atoms with van der Waals surface area (Å²) in [4.78, 5) is 0. The Labute approximate surface area is 155 Å². The fourth-order valence-electron chi connectivity index (χ4n) is 1.99. The zero-order chi connectivity index (χ0) is 15.1. The van der Waals surface area contributed by atoms with E-state index in [4.69, 9.17) is 4.74 Å². The van der Waals surface area contributed by atoms with Crippen molar-refractivity contribution in [2.75, 3.05) is 6.54 Å². The Morgan fingerprint density at radius 1 is 1.00 bits per heavy atom. The highest BCUT2D eigenvalue weighted by Crippen LogP contribution is 2.35. The van der Waals surface area contributed by atoms with Gasteiger partial charge in [-0.2, -0.15) is 0 Å². The van der Waals surface area contributed by atoms with E-state index in [1.807, 2.05) is 18.2 Å². The Morgan fingerprint density at radius 3 is 2.23 bits per heavy atom. The number of benzene rings is 2. The lowest BCUT2D eigenvalue weighted by atomic mass is 10.2. The second-order valence-electron chi connectivity index (χ2n) is 4.84. The molecule has 0 aliphatic carbocycles. The maximum Gasteiger partial charge on any atom is 0.148 e. The molecule has 0 radical (unpaired) electrons. The molecule has 2 nitrogen and oxygen atoms in total. The van der Waals surface area contributed by atoms with Crippen molar-refractivity contribution < 1.29 is 4.74 Å². The highest BCUT2D eigenvalue weighted by Gasteiger charge is 2.09. The van der Waals surface area contributed by atoms with Crippen molar-refractivity contribution in [1.82, 2.24) is 5.32 Å². The normalized spacial score (nSPS) is 10.1. The summed E-state index contributed by atoms with van der Waals surface area (Å²) in [6.45, 7) is 4.62. The topological polar surface area (TPSA) is 21.3 Å². The molecule has 0 heterocycles. The van der Waals surface area contributed by atoms with Crippen molar-refractivity contribution in [2.45, 2.75) is 26.5 Å². The fourth-order valence-corrected chi connectivity index (χ4v) is 3.50. The summed E-state index contributed by atoms with van der Waals surface area (Å²) >= 11 is 7.20. The predicted molar refractivity (Wildman–Crippen MR) is 102 cm³/mol. The summed E-state index contributed by atoms with van der Waals surface area (Å²) in [5, 5.41) is 3.40. The van der Waals surface area contributed by atoms with Crippen LogP contribution in [0.2, 0.25) is 0 Å². The Bertz CT molecular complexity index is 555. The number of ether oxygens (including phenoxy) is 1. The molecule has 0 saturated carbocycles. The Kier molecular flexibility index (Phi) is 9.10. The van der Waals surface area contributed by atoms with Gasteiger partial charge in [-0.3, -0.25) is 0 Å². The minimum atomic E-state index is 0. The summed E-state index contributed by atoms with van der Waals surface area (Å²) in [6, 6.07) is 14.4. The van der Waals surface area contributed by atoms with Crippen molar-refractivity contribution in [3.63, 3.8) is 0 Å². The molecule has 0 unspecified atom stereocenters. The number of halogens is 3. The predicted octanol–water partition coefficient (Wildman–Crippen LogP) is 5.71. The molecule has 0 aromatic heterocycles. The summed E-state index contributed by atoms with van der Waals surface area (Å²) in [5.41, 5.74) is 2.39. The quantitative estimate of drug-likeness (QED) is 0.547. The van der Waals surface area contributed by atoms with Gasteiger partial charge < -0.3 is 10.1 Å². The molecule has 2 aromatic carbocycles. The van der Waals surface area contributed by atoms with Crippen LogP contribution in [-0.2, 0) is 13.2 Å². The van der Waals surface area contributed by atoms with Gasteiger partial charge in [-0.05, 0) is 68.1 Å². The maximum atomic E-state index is 5.92. The largest absolute Gasteiger partial charge is 0.487 e. The third kappa shape index (κ3) is 5.92. The molecule has 0 spiro atoms. The molecule has 120 valence electrons. The first kappa shape index (κ1) is 19.5. The Balaban J connectivity index is 0.00000242. The van der Waals surface area contributed by atoms with Gasteiger partial charge in [0.15, 0.2) is 0 Å². The van der Waals surface area contributed by atoms with Gasteiger partial charge in [0.25, 0.3) is 0 Å². The number of nitrogens with one attached hydrogen (secondary N) is 1. The molecule has 2 aromatic rings. The minimum absolute atomic E-state index is 0. The molecule has 5 heteroatoms. The summed E-state index contributed by atoms with van der Waals surface area (Å²) in [7, 11) is 0. The molecular formula is C17H20Br2ClNO. The number of hydrogen-bond donors (Lipinski definition) is 1. The van der Waals surface area contributed by atoms with Crippen molar-refractivity contribution in [3.8, 4) is 5.75 Å². The zero-order valence-corrected chi connectivity index (χ0v) is 16.4.